The lowest BCUT2D eigenvalue weighted by molar-refractivity contribution is -0.113. The van der Waals surface area contributed by atoms with Crippen molar-refractivity contribution in [2.45, 2.75) is 31.6 Å². The summed E-state index contributed by atoms with van der Waals surface area (Å²) in [5.74, 6) is 1.24. The Hall–Kier alpha value is -1.76. The number of aryl methyl sites for hydroxylation is 1. The van der Waals surface area contributed by atoms with E-state index in [1.165, 1.54) is 0 Å². The number of fused-ring (bicyclic) bond motifs is 1. The van der Waals surface area contributed by atoms with E-state index in [0.717, 1.165) is 16.9 Å². The van der Waals surface area contributed by atoms with Crippen LogP contribution in [0.3, 0.4) is 0 Å². The fraction of sp³-hybridized carbons (Fsp3) is 0.500. The smallest absolute Gasteiger partial charge is 0.235 e. The molecule has 0 saturated heterocycles. The van der Waals surface area contributed by atoms with Gasteiger partial charge in [-0.3, -0.25) is 9.48 Å². The number of aromatic nitrogens is 4. The van der Waals surface area contributed by atoms with Gasteiger partial charge in [-0.1, -0.05) is 0 Å². The molecule has 0 saturated carbocycles. The van der Waals surface area contributed by atoms with Gasteiger partial charge in [-0.15, -0.1) is 11.8 Å². The second-order valence-electron chi connectivity index (χ2n) is 6.22. The van der Waals surface area contributed by atoms with Crippen LogP contribution in [0.5, 0.6) is 0 Å². The molecule has 3 rings (SSSR count). The first-order chi connectivity index (χ1) is 9.86. The van der Waals surface area contributed by atoms with Crippen LogP contribution < -0.4 is 5.32 Å². The van der Waals surface area contributed by atoms with E-state index in [1.54, 1.807) is 16.4 Å². The molecule has 1 aliphatic heterocycles. The van der Waals surface area contributed by atoms with E-state index in [1.807, 2.05) is 30.3 Å². The van der Waals surface area contributed by atoms with Crippen molar-refractivity contribution in [3.63, 3.8) is 0 Å². The fourth-order valence-corrected chi connectivity index (χ4v) is 3.51. The highest BCUT2D eigenvalue weighted by atomic mass is 32.2. The highest BCUT2D eigenvalue weighted by Gasteiger charge is 2.31. The molecule has 3 heterocycles. The number of nitrogens with one attached hydrogen (secondary N) is 1. The van der Waals surface area contributed by atoms with Gasteiger partial charge in [0.2, 0.25) is 5.91 Å². The number of hydrogen-bond donors (Lipinski definition) is 1. The van der Waals surface area contributed by atoms with Crippen LogP contribution in [0.4, 0.5) is 5.82 Å². The van der Waals surface area contributed by atoms with Crippen molar-refractivity contribution in [2.75, 3.05) is 11.1 Å². The van der Waals surface area contributed by atoms with Crippen molar-refractivity contribution in [3.8, 4) is 0 Å². The maximum atomic E-state index is 12.0. The van der Waals surface area contributed by atoms with E-state index in [0.29, 0.717) is 5.75 Å². The molecule has 0 radical (unpaired) electrons. The van der Waals surface area contributed by atoms with E-state index in [4.69, 9.17) is 0 Å². The molecule has 0 fully saturated rings. The lowest BCUT2D eigenvalue weighted by Gasteiger charge is -2.22. The first-order valence-corrected chi connectivity index (χ1v) is 7.89. The number of amides is 1. The molecule has 1 amide bonds. The molecule has 1 aliphatic rings. The van der Waals surface area contributed by atoms with E-state index >= 15 is 0 Å². The van der Waals surface area contributed by atoms with Crippen LogP contribution in [0.1, 0.15) is 37.1 Å². The largest absolute Gasteiger partial charge is 0.310 e. The first-order valence-electron chi connectivity index (χ1n) is 6.84. The highest BCUT2D eigenvalue weighted by molar-refractivity contribution is 8.00. The Morgan fingerprint density at radius 3 is 2.71 bits per heavy atom. The number of nitrogens with zero attached hydrogens (tertiary/aromatic N) is 4. The monoisotopic (exact) mass is 305 g/mol. The molecule has 7 heteroatoms. The van der Waals surface area contributed by atoms with Gasteiger partial charge in [-0.05, 0) is 20.8 Å². The van der Waals surface area contributed by atoms with E-state index in [2.05, 4.69) is 36.3 Å². The molecule has 2 aromatic rings. The molecular weight excluding hydrogens is 286 g/mol. The summed E-state index contributed by atoms with van der Waals surface area (Å²) in [5, 5.41) is 11.8. The van der Waals surface area contributed by atoms with Crippen LogP contribution in [0.25, 0.3) is 0 Å². The number of carbonyl (C=O) groups is 1. The van der Waals surface area contributed by atoms with Crippen molar-refractivity contribution in [1.29, 1.82) is 0 Å². The summed E-state index contributed by atoms with van der Waals surface area (Å²) in [7, 11) is 1.90. The van der Waals surface area contributed by atoms with Gasteiger partial charge in [0, 0.05) is 24.4 Å². The van der Waals surface area contributed by atoms with Gasteiger partial charge in [-0.2, -0.15) is 10.2 Å². The van der Waals surface area contributed by atoms with Crippen LogP contribution in [0.15, 0.2) is 18.6 Å². The van der Waals surface area contributed by atoms with Gasteiger partial charge < -0.3 is 5.32 Å². The summed E-state index contributed by atoms with van der Waals surface area (Å²) in [5.41, 5.74) is 1.94. The number of anilines is 1. The van der Waals surface area contributed by atoms with Gasteiger partial charge in [-0.25, -0.2) is 4.68 Å². The van der Waals surface area contributed by atoms with Gasteiger partial charge in [0.1, 0.15) is 5.82 Å². The fourth-order valence-electron chi connectivity index (χ4n) is 2.45. The number of carbonyl (C=O) groups excluding carboxylic acids is 1. The van der Waals surface area contributed by atoms with E-state index in [-0.39, 0.29) is 16.7 Å². The van der Waals surface area contributed by atoms with Gasteiger partial charge >= 0.3 is 0 Å². The average Bonchev–Trinajstić information content (AvgIpc) is 2.94. The second-order valence-corrected chi connectivity index (χ2v) is 7.31. The zero-order valence-electron chi connectivity index (χ0n) is 12.6. The lowest BCUT2D eigenvalue weighted by atomic mass is 10.1. The van der Waals surface area contributed by atoms with Crippen molar-refractivity contribution >= 4 is 23.5 Å². The molecule has 21 heavy (non-hydrogen) atoms. The third-order valence-corrected chi connectivity index (χ3v) is 4.67. The van der Waals surface area contributed by atoms with Crippen molar-refractivity contribution in [3.05, 3.63) is 29.7 Å². The van der Waals surface area contributed by atoms with Crippen molar-refractivity contribution in [1.82, 2.24) is 19.6 Å². The molecule has 0 spiro atoms. The molecular formula is C14H19N5OS. The maximum absolute atomic E-state index is 12.0. The molecule has 1 atom stereocenters. The summed E-state index contributed by atoms with van der Waals surface area (Å²) < 4.78 is 3.67. The molecule has 112 valence electrons. The van der Waals surface area contributed by atoms with Gasteiger partial charge in [0.15, 0.2) is 0 Å². The normalized spacial score (nSPS) is 19.0. The number of rotatable bonds is 1. The molecule has 1 N–H and O–H groups in total. The molecule has 2 aromatic heterocycles. The Morgan fingerprint density at radius 2 is 2.10 bits per heavy atom. The Balaban J connectivity index is 2.11. The minimum absolute atomic E-state index is 0.0126. The average molecular weight is 305 g/mol. The molecule has 0 unspecified atom stereocenters. The Morgan fingerprint density at radius 1 is 1.33 bits per heavy atom. The predicted molar refractivity (Wildman–Crippen MR) is 83.4 cm³/mol. The maximum Gasteiger partial charge on any atom is 0.235 e. The Labute approximate surface area is 127 Å². The van der Waals surface area contributed by atoms with Crippen LogP contribution in [-0.4, -0.2) is 31.2 Å². The lowest BCUT2D eigenvalue weighted by Crippen LogP contribution is -2.27. The number of thioether (sulfide) groups is 1. The van der Waals surface area contributed by atoms with Gasteiger partial charge in [0.05, 0.1) is 28.9 Å². The van der Waals surface area contributed by atoms with E-state index in [9.17, 15) is 4.79 Å². The Bertz CT molecular complexity index is 682. The molecule has 0 aromatic carbocycles. The zero-order chi connectivity index (χ0) is 15.2. The minimum Gasteiger partial charge on any atom is -0.310 e. The quantitative estimate of drug-likeness (QED) is 0.877. The standard InChI is InChI=1S/C14H19N5OS/c1-14(2,3)19-13-10(6-16-19)12(21-8-11(20)17-13)9-5-15-18(4)7-9/h5-7,12H,8H2,1-4H3,(H,17,20)/t12-/m1/s1. The zero-order valence-corrected chi connectivity index (χ0v) is 13.4. The molecule has 6 nitrogen and oxygen atoms in total. The second kappa shape index (κ2) is 4.91. The van der Waals surface area contributed by atoms with Crippen LogP contribution in [0.2, 0.25) is 0 Å². The molecule has 0 bridgehead atoms. The van der Waals surface area contributed by atoms with Gasteiger partial charge in [0.25, 0.3) is 0 Å². The highest BCUT2D eigenvalue weighted by Crippen LogP contribution is 2.42. The van der Waals surface area contributed by atoms with Crippen LogP contribution in [-0.2, 0) is 17.4 Å². The van der Waals surface area contributed by atoms with Crippen LogP contribution in [0, 0.1) is 0 Å². The van der Waals surface area contributed by atoms with Crippen LogP contribution >= 0.6 is 11.8 Å². The first kappa shape index (κ1) is 14.2. The summed E-state index contributed by atoms with van der Waals surface area (Å²) >= 11 is 1.61. The van der Waals surface area contributed by atoms with E-state index < -0.39 is 0 Å². The molecule has 0 aliphatic carbocycles. The summed E-state index contributed by atoms with van der Waals surface area (Å²) in [6.45, 7) is 6.22. The summed E-state index contributed by atoms with van der Waals surface area (Å²) in [6.07, 6.45) is 5.70. The Kier molecular flexibility index (Phi) is 3.32. The predicted octanol–water partition coefficient (Wildman–Crippen LogP) is 2.15. The third kappa shape index (κ3) is 2.57. The van der Waals surface area contributed by atoms with Crippen molar-refractivity contribution in [2.24, 2.45) is 7.05 Å². The topological polar surface area (TPSA) is 64.7 Å². The third-order valence-electron chi connectivity index (χ3n) is 3.38. The van der Waals surface area contributed by atoms with Crippen molar-refractivity contribution < 1.29 is 4.79 Å². The summed E-state index contributed by atoms with van der Waals surface area (Å²) in [6, 6.07) is 0. The minimum atomic E-state index is -0.185. The number of hydrogen-bond acceptors (Lipinski definition) is 4. The SMILES string of the molecule is Cn1cc([C@H]2SCC(=O)Nc3c2cnn3C(C)(C)C)cn1. The summed E-state index contributed by atoms with van der Waals surface area (Å²) in [4.78, 5) is 12.0.